The Morgan fingerprint density at radius 3 is 2.59 bits per heavy atom. The third-order valence-electron chi connectivity index (χ3n) is 2.51. The highest BCUT2D eigenvalue weighted by Gasteiger charge is 2.06. The van der Waals surface area contributed by atoms with Crippen LogP contribution >= 0.6 is 11.8 Å². The Morgan fingerprint density at radius 1 is 1.12 bits per heavy atom. The lowest BCUT2D eigenvalue weighted by atomic mass is 10.2. The van der Waals surface area contributed by atoms with Gasteiger partial charge < -0.3 is 5.73 Å². The van der Waals surface area contributed by atoms with Crippen LogP contribution in [0.4, 0.5) is 10.1 Å². The van der Waals surface area contributed by atoms with Crippen LogP contribution in [0.3, 0.4) is 0 Å². The number of hydrogen-bond acceptors (Lipinski definition) is 2. The Kier molecular flexibility index (Phi) is 3.38. The summed E-state index contributed by atoms with van der Waals surface area (Å²) in [6, 6.07) is 11.3. The summed E-state index contributed by atoms with van der Waals surface area (Å²) in [7, 11) is 0. The topological polar surface area (TPSA) is 26.0 Å². The molecule has 0 bridgehead atoms. The second-order valence-corrected chi connectivity index (χ2v) is 5.17. The average molecular weight is 247 g/mol. The van der Waals surface area contributed by atoms with E-state index >= 15 is 0 Å². The molecule has 0 saturated carbocycles. The second kappa shape index (κ2) is 4.80. The molecule has 0 aromatic heterocycles. The van der Waals surface area contributed by atoms with E-state index in [-0.39, 0.29) is 5.82 Å². The van der Waals surface area contributed by atoms with Gasteiger partial charge in [-0.25, -0.2) is 4.39 Å². The lowest BCUT2D eigenvalue weighted by Gasteiger charge is -2.08. The van der Waals surface area contributed by atoms with Gasteiger partial charge in [-0.05, 0) is 43.7 Å². The Morgan fingerprint density at radius 2 is 1.88 bits per heavy atom. The van der Waals surface area contributed by atoms with E-state index < -0.39 is 0 Å². The van der Waals surface area contributed by atoms with Gasteiger partial charge in [0.15, 0.2) is 0 Å². The van der Waals surface area contributed by atoms with Crippen LogP contribution in [0.15, 0.2) is 46.2 Å². The van der Waals surface area contributed by atoms with Crippen molar-refractivity contribution < 1.29 is 4.39 Å². The quantitative estimate of drug-likeness (QED) is 0.806. The van der Waals surface area contributed by atoms with Crippen LogP contribution < -0.4 is 5.73 Å². The molecule has 1 nitrogen and oxygen atoms in total. The third kappa shape index (κ3) is 2.80. The largest absolute Gasteiger partial charge is 0.398 e. The minimum absolute atomic E-state index is 0.254. The van der Waals surface area contributed by atoms with Crippen LogP contribution in [0.1, 0.15) is 11.1 Å². The van der Waals surface area contributed by atoms with Crippen molar-refractivity contribution in [2.75, 3.05) is 5.73 Å². The molecule has 0 atom stereocenters. The molecule has 0 aliphatic heterocycles. The molecule has 0 saturated heterocycles. The van der Waals surface area contributed by atoms with Crippen molar-refractivity contribution in [3.8, 4) is 0 Å². The summed E-state index contributed by atoms with van der Waals surface area (Å²) in [6.07, 6.45) is 0. The number of nitrogen functional groups attached to an aromatic ring is 1. The zero-order valence-corrected chi connectivity index (χ0v) is 10.6. The third-order valence-corrected chi connectivity index (χ3v) is 3.57. The Balaban J connectivity index is 2.33. The van der Waals surface area contributed by atoms with E-state index in [0.717, 1.165) is 9.79 Å². The van der Waals surface area contributed by atoms with Crippen molar-refractivity contribution >= 4 is 17.4 Å². The molecule has 2 N–H and O–H groups in total. The molecule has 0 radical (unpaired) electrons. The Labute approximate surface area is 105 Å². The Hall–Kier alpha value is -1.48. The van der Waals surface area contributed by atoms with Crippen molar-refractivity contribution in [2.24, 2.45) is 0 Å². The van der Waals surface area contributed by atoms with Crippen LogP contribution in [0.25, 0.3) is 0 Å². The molecule has 0 aliphatic carbocycles. The van der Waals surface area contributed by atoms with E-state index in [9.17, 15) is 4.39 Å². The van der Waals surface area contributed by atoms with Gasteiger partial charge in [0.05, 0.1) is 0 Å². The highest BCUT2D eigenvalue weighted by Crippen LogP contribution is 2.33. The standard InChI is InChI=1S/C14H14FNS/c1-9-4-3-5-11(6-9)17-14-7-10(2)12(15)8-13(14)16/h3-8H,16H2,1-2H3. The molecule has 0 spiro atoms. The normalized spacial score (nSPS) is 10.5. The first-order valence-electron chi connectivity index (χ1n) is 5.36. The smallest absolute Gasteiger partial charge is 0.128 e. The summed E-state index contributed by atoms with van der Waals surface area (Å²) < 4.78 is 13.3. The molecule has 0 aliphatic rings. The van der Waals surface area contributed by atoms with Crippen LogP contribution in [0, 0.1) is 19.7 Å². The molecule has 0 fully saturated rings. The Bertz CT molecular complexity index is 552. The molecule has 3 heteroatoms. The molecule has 2 aromatic rings. The van der Waals surface area contributed by atoms with Crippen molar-refractivity contribution in [1.29, 1.82) is 0 Å². The fourth-order valence-corrected chi connectivity index (χ4v) is 2.62. The van der Waals surface area contributed by atoms with Crippen molar-refractivity contribution in [3.05, 3.63) is 53.3 Å². The second-order valence-electron chi connectivity index (χ2n) is 4.06. The first-order chi connectivity index (χ1) is 8.06. The molecule has 2 rings (SSSR count). The lowest BCUT2D eigenvalue weighted by molar-refractivity contribution is 0.618. The van der Waals surface area contributed by atoms with Crippen LogP contribution in [-0.2, 0) is 0 Å². The number of halogens is 1. The first kappa shape index (κ1) is 12.0. The monoisotopic (exact) mass is 247 g/mol. The van der Waals surface area contributed by atoms with Gasteiger partial charge in [-0.15, -0.1) is 0 Å². The molecule has 0 amide bonds. The minimum atomic E-state index is -0.254. The number of benzene rings is 2. The average Bonchev–Trinajstić information content (AvgIpc) is 2.26. The maximum Gasteiger partial charge on any atom is 0.128 e. The lowest BCUT2D eigenvalue weighted by Crippen LogP contribution is -1.92. The van der Waals surface area contributed by atoms with E-state index in [0.29, 0.717) is 11.3 Å². The molecule has 88 valence electrons. The highest BCUT2D eigenvalue weighted by atomic mass is 32.2. The number of anilines is 1. The van der Waals surface area contributed by atoms with Crippen LogP contribution in [0.5, 0.6) is 0 Å². The molecular weight excluding hydrogens is 233 g/mol. The van der Waals surface area contributed by atoms with E-state index in [1.165, 1.54) is 11.6 Å². The summed E-state index contributed by atoms with van der Waals surface area (Å²) >= 11 is 1.56. The maximum absolute atomic E-state index is 13.3. The highest BCUT2D eigenvalue weighted by molar-refractivity contribution is 7.99. The summed E-state index contributed by atoms with van der Waals surface area (Å²) in [5, 5.41) is 0. The van der Waals surface area contributed by atoms with Gasteiger partial charge in [0.1, 0.15) is 5.82 Å². The van der Waals surface area contributed by atoms with Gasteiger partial charge in [-0.3, -0.25) is 0 Å². The van der Waals surface area contributed by atoms with E-state index in [2.05, 4.69) is 6.07 Å². The van der Waals surface area contributed by atoms with Gasteiger partial charge in [0.2, 0.25) is 0 Å². The zero-order valence-electron chi connectivity index (χ0n) is 9.83. The maximum atomic E-state index is 13.3. The van der Waals surface area contributed by atoms with E-state index in [4.69, 9.17) is 5.73 Å². The fraction of sp³-hybridized carbons (Fsp3) is 0.143. The molecule has 17 heavy (non-hydrogen) atoms. The van der Waals surface area contributed by atoms with E-state index in [1.54, 1.807) is 24.8 Å². The van der Waals surface area contributed by atoms with Crippen LogP contribution in [-0.4, -0.2) is 0 Å². The predicted molar refractivity (Wildman–Crippen MR) is 70.9 cm³/mol. The van der Waals surface area contributed by atoms with Crippen LogP contribution in [0.2, 0.25) is 0 Å². The van der Waals surface area contributed by atoms with Gasteiger partial charge in [-0.2, -0.15) is 0 Å². The first-order valence-corrected chi connectivity index (χ1v) is 6.18. The van der Waals surface area contributed by atoms with Gasteiger partial charge in [0, 0.05) is 15.5 Å². The zero-order chi connectivity index (χ0) is 12.4. The molecule has 0 heterocycles. The number of aryl methyl sites for hydroxylation is 2. The summed E-state index contributed by atoms with van der Waals surface area (Å²) in [4.78, 5) is 2.01. The fourth-order valence-electron chi connectivity index (χ4n) is 1.56. The summed E-state index contributed by atoms with van der Waals surface area (Å²) in [5.74, 6) is -0.254. The van der Waals surface area contributed by atoms with Gasteiger partial charge >= 0.3 is 0 Å². The van der Waals surface area contributed by atoms with E-state index in [1.807, 2.05) is 25.1 Å². The van der Waals surface area contributed by atoms with Crippen molar-refractivity contribution in [3.63, 3.8) is 0 Å². The molecule has 0 unspecified atom stereocenters. The number of nitrogens with two attached hydrogens (primary N) is 1. The predicted octanol–water partition coefficient (Wildman–Crippen LogP) is 4.18. The minimum Gasteiger partial charge on any atom is -0.398 e. The number of rotatable bonds is 2. The summed E-state index contributed by atoms with van der Waals surface area (Å²) in [6.45, 7) is 3.79. The molecule has 2 aromatic carbocycles. The van der Waals surface area contributed by atoms with Crippen molar-refractivity contribution in [2.45, 2.75) is 23.6 Å². The van der Waals surface area contributed by atoms with Crippen molar-refractivity contribution in [1.82, 2.24) is 0 Å². The SMILES string of the molecule is Cc1cccc(Sc2cc(C)c(F)cc2N)c1. The number of hydrogen-bond donors (Lipinski definition) is 1. The summed E-state index contributed by atoms with van der Waals surface area (Å²) in [5.41, 5.74) is 8.12. The van der Waals surface area contributed by atoms with Gasteiger partial charge in [0.25, 0.3) is 0 Å². The van der Waals surface area contributed by atoms with Gasteiger partial charge in [-0.1, -0.05) is 29.5 Å². The molecular formula is C14H14FNS.